The van der Waals surface area contributed by atoms with Crippen LogP contribution in [0.2, 0.25) is 0 Å². The molecule has 0 unspecified atom stereocenters. The van der Waals surface area contributed by atoms with Crippen LogP contribution in [0.15, 0.2) is 0 Å². The van der Waals surface area contributed by atoms with Gasteiger partial charge in [-0.3, -0.25) is 4.79 Å². The number of hydrogen-bond acceptors (Lipinski definition) is 6. The van der Waals surface area contributed by atoms with Gasteiger partial charge in [0.15, 0.2) is 0 Å². The highest BCUT2D eigenvalue weighted by Gasteiger charge is 2.38. The van der Waals surface area contributed by atoms with Gasteiger partial charge in [0.25, 0.3) is 0 Å². The predicted octanol–water partition coefficient (Wildman–Crippen LogP) is 3.87. The highest BCUT2D eigenvalue weighted by atomic mass is 127. The highest BCUT2D eigenvalue weighted by Crippen LogP contribution is 2.35. The van der Waals surface area contributed by atoms with Crippen molar-refractivity contribution in [2.24, 2.45) is 5.92 Å². The third-order valence-corrected chi connectivity index (χ3v) is 7.54. The molecule has 2 aliphatic rings. The summed E-state index contributed by atoms with van der Waals surface area (Å²) in [6, 6.07) is 0. The van der Waals surface area contributed by atoms with E-state index in [0.717, 1.165) is 32.1 Å². The average molecular weight is 498 g/mol. The molecule has 0 aliphatic carbocycles. The quantitative estimate of drug-likeness (QED) is 0.240. The maximum Gasteiger partial charge on any atom is 0.308 e. The number of esters is 1. The normalized spacial score (nSPS) is 38.6. The number of halogens is 1. The molecule has 0 aromatic carbocycles. The van der Waals surface area contributed by atoms with Gasteiger partial charge in [-0.1, -0.05) is 42.9 Å². The van der Waals surface area contributed by atoms with Crippen molar-refractivity contribution in [2.75, 3.05) is 21.0 Å². The molecule has 2 heterocycles. The Morgan fingerprint density at radius 2 is 1.93 bits per heavy atom. The van der Waals surface area contributed by atoms with Crippen LogP contribution in [-0.4, -0.2) is 61.4 Å². The van der Waals surface area contributed by atoms with Gasteiger partial charge in [0.2, 0.25) is 0 Å². The Bertz CT molecular complexity index is 448. The Balaban J connectivity index is 2.16. The van der Waals surface area contributed by atoms with Gasteiger partial charge in [-0.2, -0.15) is 0 Å². The van der Waals surface area contributed by atoms with Crippen LogP contribution >= 0.6 is 22.6 Å². The fourth-order valence-electron chi connectivity index (χ4n) is 4.10. The van der Waals surface area contributed by atoms with Crippen molar-refractivity contribution in [3.63, 3.8) is 0 Å². The molecule has 27 heavy (non-hydrogen) atoms. The van der Waals surface area contributed by atoms with Gasteiger partial charge >= 0.3 is 5.97 Å². The van der Waals surface area contributed by atoms with Crippen molar-refractivity contribution >= 4 is 28.6 Å². The van der Waals surface area contributed by atoms with Gasteiger partial charge in [-0.25, -0.2) is 0 Å². The van der Waals surface area contributed by atoms with E-state index in [9.17, 15) is 4.79 Å². The molecule has 7 atom stereocenters. The van der Waals surface area contributed by atoms with E-state index in [0.29, 0.717) is 16.3 Å². The summed E-state index contributed by atoms with van der Waals surface area (Å²) >= 11 is 2.50. The number of rotatable bonds is 6. The number of fused-ring (bicyclic) bond motifs is 2. The van der Waals surface area contributed by atoms with Crippen LogP contribution in [0.3, 0.4) is 0 Å². The molecule has 2 fully saturated rings. The van der Waals surface area contributed by atoms with Crippen molar-refractivity contribution in [1.82, 2.24) is 0 Å². The van der Waals surface area contributed by atoms with Crippen LogP contribution < -0.4 is 0 Å². The van der Waals surface area contributed by atoms with E-state index < -0.39 is 0 Å². The molecule has 0 radical (unpaired) electrons. The van der Waals surface area contributed by atoms with Crippen molar-refractivity contribution in [3.8, 4) is 0 Å². The van der Waals surface area contributed by atoms with E-state index in [-0.39, 0.29) is 49.7 Å². The predicted molar refractivity (Wildman–Crippen MR) is 111 cm³/mol. The summed E-state index contributed by atoms with van der Waals surface area (Å²) in [5.41, 5.74) is 0. The van der Waals surface area contributed by atoms with Crippen LogP contribution in [-0.2, 0) is 28.5 Å². The second kappa shape index (κ2) is 11.9. The molecule has 2 saturated heterocycles. The lowest BCUT2D eigenvalue weighted by Crippen LogP contribution is -2.45. The van der Waals surface area contributed by atoms with Crippen molar-refractivity contribution in [1.29, 1.82) is 0 Å². The first-order valence-corrected chi connectivity index (χ1v) is 11.3. The summed E-state index contributed by atoms with van der Waals surface area (Å²) in [5.74, 6) is 0.248. The van der Waals surface area contributed by atoms with Crippen LogP contribution in [0.1, 0.15) is 58.8 Å². The molecule has 0 aromatic rings. The first-order valence-electron chi connectivity index (χ1n) is 10.1. The van der Waals surface area contributed by atoms with Crippen LogP contribution in [0.5, 0.6) is 0 Å². The Hall–Kier alpha value is 0.0400. The van der Waals surface area contributed by atoms with Gasteiger partial charge < -0.3 is 23.7 Å². The summed E-state index contributed by atoms with van der Waals surface area (Å²) in [7, 11) is 3.37. The highest BCUT2D eigenvalue weighted by molar-refractivity contribution is 14.1. The largest absolute Gasteiger partial charge is 0.462 e. The molecule has 0 amide bonds. The van der Waals surface area contributed by atoms with E-state index in [1.165, 1.54) is 0 Å². The SMILES string of the molecule is CCC[C@H]1C[C@@H](OC)C[C@H](C)[C@@H](I)[C@@H]2C[C@@H](OCOC)C[C@H](CC(=O)O1)O2. The van der Waals surface area contributed by atoms with E-state index in [2.05, 4.69) is 36.4 Å². The second-order valence-electron chi connectivity index (χ2n) is 7.82. The maximum atomic E-state index is 12.5. The minimum absolute atomic E-state index is 0.0403. The summed E-state index contributed by atoms with van der Waals surface area (Å²) in [6.07, 6.45) is 5.25. The Morgan fingerprint density at radius 1 is 1.15 bits per heavy atom. The van der Waals surface area contributed by atoms with Crippen molar-refractivity contribution < 1.29 is 28.5 Å². The maximum absolute atomic E-state index is 12.5. The second-order valence-corrected chi connectivity index (χ2v) is 9.26. The van der Waals surface area contributed by atoms with E-state index in [4.69, 9.17) is 23.7 Å². The number of ether oxygens (including phenoxy) is 5. The van der Waals surface area contributed by atoms with Gasteiger partial charge in [-0.05, 0) is 18.8 Å². The lowest BCUT2D eigenvalue weighted by atomic mass is 9.89. The fraction of sp³-hybridized carbons (Fsp3) is 0.950. The first kappa shape index (κ1) is 23.3. The van der Waals surface area contributed by atoms with Crippen molar-refractivity contribution in [3.05, 3.63) is 0 Å². The lowest BCUT2D eigenvalue weighted by Gasteiger charge is -2.40. The van der Waals surface area contributed by atoms with Crippen LogP contribution in [0, 0.1) is 5.92 Å². The Labute approximate surface area is 177 Å². The topological polar surface area (TPSA) is 63.2 Å². The number of carbonyl (C=O) groups excluding carboxylic acids is 1. The fourth-order valence-corrected chi connectivity index (χ4v) is 4.86. The molecular formula is C20H35IO6. The Morgan fingerprint density at radius 3 is 2.59 bits per heavy atom. The summed E-state index contributed by atoms with van der Waals surface area (Å²) in [5, 5.41) is 0. The lowest BCUT2D eigenvalue weighted by molar-refractivity contribution is -0.170. The van der Waals surface area contributed by atoms with Crippen LogP contribution in [0.4, 0.5) is 0 Å². The standard InChI is InChI=1S/C20H35IO6/c1-5-6-14-8-15(24-4)7-13(2)20(21)18-10-16(25-12-23-3)9-17(26-18)11-19(22)27-14/h13-18,20H,5-12H2,1-4H3/t13-,14-,15-,16-,17+,18-,20+/m0/s1. The molecule has 0 spiro atoms. The van der Waals surface area contributed by atoms with Gasteiger partial charge in [-0.15, -0.1) is 0 Å². The molecule has 2 rings (SSSR count). The molecule has 0 aromatic heterocycles. The Kier molecular flexibility index (Phi) is 10.3. The third kappa shape index (κ3) is 7.42. The van der Waals surface area contributed by atoms with Gasteiger partial charge in [0.1, 0.15) is 12.9 Å². The zero-order chi connectivity index (χ0) is 19.8. The molecule has 2 bridgehead atoms. The third-order valence-electron chi connectivity index (χ3n) is 5.51. The number of alkyl halides is 1. The molecule has 2 aliphatic heterocycles. The van der Waals surface area contributed by atoms with E-state index in [1.54, 1.807) is 14.2 Å². The zero-order valence-corrected chi connectivity index (χ0v) is 19.2. The summed E-state index contributed by atoms with van der Waals surface area (Å²) < 4.78 is 29.1. The summed E-state index contributed by atoms with van der Waals surface area (Å²) in [4.78, 5) is 12.5. The number of hydrogen-bond donors (Lipinski definition) is 0. The smallest absolute Gasteiger partial charge is 0.308 e. The molecule has 0 saturated carbocycles. The number of carbonyl (C=O) groups is 1. The molecular weight excluding hydrogens is 463 g/mol. The molecule has 7 heteroatoms. The average Bonchev–Trinajstić information content (AvgIpc) is 2.64. The van der Waals surface area contributed by atoms with Gasteiger partial charge in [0, 0.05) is 37.4 Å². The van der Waals surface area contributed by atoms with Crippen LogP contribution in [0.25, 0.3) is 0 Å². The number of cyclic esters (lactones) is 1. The summed E-state index contributed by atoms with van der Waals surface area (Å²) in [6.45, 7) is 4.63. The first-order chi connectivity index (χ1) is 13.0. The minimum Gasteiger partial charge on any atom is -0.462 e. The number of methoxy groups -OCH3 is 2. The molecule has 6 nitrogen and oxygen atoms in total. The molecule has 0 N–H and O–H groups in total. The monoisotopic (exact) mass is 498 g/mol. The van der Waals surface area contributed by atoms with E-state index in [1.807, 2.05) is 0 Å². The molecule has 158 valence electrons. The van der Waals surface area contributed by atoms with Crippen molar-refractivity contribution in [2.45, 2.75) is 93.2 Å². The zero-order valence-electron chi connectivity index (χ0n) is 17.0. The van der Waals surface area contributed by atoms with Gasteiger partial charge in [0.05, 0.1) is 30.8 Å². The minimum atomic E-state index is -0.182. The van der Waals surface area contributed by atoms with E-state index >= 15 is 0 Å².